The topological polar surface area (TPSA) is 47.9 Å². The first-order valence-corrected chi connectivity index (χ1v) is 4.08. The molecule has 1 fully saturated rings. The van der Waals surface area contributed by atoms with E-state index in [-0.39, 0.29) is 18.5 Å². The van der Waals surface area contributed by atoms with Crippen molar-refractivity contribution in [3.8, 4) is 0 Å². The molecule has 0 aliphatic carbocycles. The monoisotopic (exact) mass is 176 g/mol. The van der Waals surface area contributed by atoms with Crippen LogP contribution in [0.2, 0.25) is 0 Å². The smallest absolute Gasteiger partial charge is 0.160 e. The highest BCUT2D eigenvalue weighted by molar-refractivity contribution is 4.81. The lowest BCUT2D eigenvalue weighted by Gasteiger charge is -2.36. The summed E-state index contributed by atoms with van der Waals surface area (Å²) in [5, 5.41) is 9.56. The fraction of sp³-hybridized carbons (Fsp3) is 1.00. The van der Waals surface area contributed by atoms with Crippen LogP contribution in [0.15, 0.2) is 0 Å². The summed E-state index contributed by atoms with van der Waals surface area (Å²) in [4.78, 5) is 0. The van der Waals surface area contributed by atoms with Gasteiger partial charge in [-0.25, -0.2) is 0 Å². The van der Waals surface area contributed by atoms with Gasteiger partial charge in [-0.15, -0.1) is 0 Å². The van der Waals surface area contributed by atoms with Gasteiger partial charge in [0.05, 0.1) is 12.2 Å². The van der Waals surface area contributed by atoms with Gasteiger partial charge in [0, 0.05) is 20.6 Å². The molecule has 1 aliphatic heterocycles. The molecule has 4 atom stereocenters. The van der Waals surface area contributed by atoms with Crippen molar-refractivity contribution in [2.24, 2.45) is 0 Å². The standard InChI is InChI=1S/C8H16O4/c1-5-8(11-3)6(9)4-7(10-2)12-5/h5-9H,4H2,1-3H3/t5-,6+,7-,8-/m0/s1. The number of aliphatic hydroxyl groups excluding tert-OH is 1. The Bertz CT molecular complexity index is 127. The molecule has 0 aromatic carbocycles. The Morgan fingerprint density at radius 2 is 2.00 bits per heavy atom. The number of hydrogen-bond donors (Lipinski definition) is 1. The van der Waals surface area contributed by atoms with Crippen molar-refractivity contribution in [3.63, 3.8) is 0 Å². The van der Waals surface area contributed by atoms with Crippen LogP contribution in [-0.4, -0.2) is 43.9 Å². The van der Waals surface area contributed by atoms with Crippen molar-refractivity contribution in [2.75, 3.05) is 14.2 Å². The lowest BCUT2D eigenvalue weighted by atomic mass is 10.0. The van der Waals surface area contributed by atoms with Crippen LogP contribution in [0.5, 0.6) is 0 Å². The molecule has 1 rings (SSSR count). The number of hydrogen-bond acceptors (Lipinski definition) is 4. The first-order chi connectivity index (χ1) is 5.69. The number of aliphatic hydroxyl groups is 1. The van der Waals surface area contributed by atoms with E-state index in [1.807, 2.05) is 6.92 Å². The van der Waals surface area contributed by atoms with Gasteiger partial charge in [0.2, 0.25) is 0 Å². The number of rotatable bonds is 2. The molecule has 0 radical (unpaired) electrons. The molecule has 0 aromatic rings. The summed E-state index contributed by atoms with van der Waals surface area (Å²) in [5.74, 6) is 0. The van der Waals surface area contributed by atoms with Crippen molar-refractivity contribution in [1.82, 2.24) is 0 Å². The molecule has 1 aliphatic rings. The number of ether oxygens (including phenoxy) is 3. The zero-order valence-electron chi connectivity index (χ0n) is 7.69. The maximum Gasteiger partial charge on any atom is 0.160 e. The first kappa shape index (κ1) is 9.92. The van der Waals surface area contributed by atoms with Crippen LogP contribution in [0.25, 0.3) is 0 Å². The predicted octanol–water partition coefficient (Wildman–Crippen LogP) is 0.144. The molecule has 72 valence electrons. The van der Waals surface area contributed by atoms with E-state index >= 15 is 0 Å². The molecule has 1 N–H and O–H groups in total. The Morgan fingerprint density at radius 3 is 2.42 bits per heavy atom. The van der Waals surface area contributed by atoms with Crippen molar-refractivity contribution in [1.29, 1.82) is 0 Å². The molecule has 12 heavy (non-hydrogen) atoms. The van der Waals surface area contributed by atoms with Crippen molar-refractivity contribution in [3.05, 3.63) is 0 Å². The van der Waals surface area contributed by atoms with Crippen molar-refractivity contribution < 1.29 is 19.3 Å². The van der Waals surface area contributed by atoms with E-state index in [1.165, 1.54) is 0 Å². The zero-order valence-corrected chi connectivity index (χ0v) is 7.69. The average molecular weight is 176 g/mol. The molecule has 1 saturated heterocycles. The molecule has 1 heterocycles. The van der Waals surface area contributed by atoms with E-state index in [0.29, 0.717) is 6.42 Å². The van der Waals surface area contributed by atoms with E-state index in [1.54, 1.807) is 14.2 Å². The van der Waals surface area contributed by atoms with Gasteiger partial charge < -0.3 is 19.3 Å². The van der Waals surface area contributed by atoms with E-state index < -0.39 is 6.10 Å². The van der Waals surface area contributed by atoms with E-state index in [4.69, 9.17) is 14.2 Å². The van der Waals surface area contributed by atoms with Crippen LogP contribution in [0.4, 0.5) is 0 Å². The summed E-state index contributed by atoms with van der Waals surface area (Å²) in [6, 6.07) is 0. The third-order valence-corrected chi connectivity index (χ3v) is 2.18. The molecular weight excluding hydrogens is 160 g/mol. The van der Waals surface area contributed by atoms with Gasteiger partial charge >= 0.3 is 0 Å². The predicted molar refractivity (Wildman–Crippen MR) is 42.8 cm³/mol. The highest BCUT2D eigenvalue weighted by Gasteiger charge is 2.35. The quantitative estimate of drug-likeness (QED) is 0.650. The Kier molecular flexibility index (Phi) is 3.46. The van der Waals surface area contributed by atoms with Gasteiger partial charge in [0.1, 0.15) is 6.10 Å². The highest BCUT2D eigenvalue weighted by atomic mass is 16.7. The fourth-order valence-corrected chi connectivity index (χ4v) is 1.52. The Hall–Kier alpha value is -0.160. The van der Waals surface area contributed by atoms with Crippen molar-refractivity contribution in [2.45, 2.75) is 37.9 Å². The largest absolute Gasteiger partial charge is 0.390 e. The molecular formula is C8H16O4. The van der Waals surface area contributed by atoms with Crippen LogP contribution >= 0.6 is 0 Å². The molecule has 0 saturated carbocycles. The number of methoxy groups -OCH3 is 2. The van der Waals surface area contributed by atoms with E-state index in [0.717, 1.165) is 0 Å². The summed E-state index contributed by atoms with van der Waals surface area (Å²) in [6.45, 7) is 1.86. The van der Waals surface area contributed by atoms with Crippen molar-refractivity contribution >= 4 is 0 Å². The molecule has 0 unspecified atom stereocenters. The van der Waals surface area contributed by atoms with Crippen LogP contribution in [-0.2, 0) is 14.2 Å². The summed E-state index contributed by atoms with van der Waals surface area (Å²) < 4.78 is 15.5. The fourth-order valence-electron chi connectivity index (χ4n) is 1.52. The minimum Gasteiger partial charge on any atom is -0.390 e. The average Bonchev–Trinajstić information content (AvgIpc) is 2.03. The Morgan fingerprint density at radius 1 is 1.33 bits per heavy atom. The molecule has 4 heteroatoms. The second kappa shape index (κ2) is 4.18. The second-order valence-electron chi connectivity index (χ2n) is 3.01. The summed E-state index contributed by atoms with van der Waals surface area (Å²) in [7, 11) is 3.14. The van der Waals surface area contributed by atoms with Gasteiger partial charge in [-0.2, -0.15) is 0 Å². The third kappa shape index (κ3) is 1.95. The minimum atomic E-state index is -0.497. The van der Waals surface area contributed by atoms with E-state index in [2.05, 4.69) is 0 Å². The summed E-state index contributed by atoms with van der Waals surface area (Å²) in [6.07, 6.45) is -0.690. The van der Waals surface area contributed by atoms with Gasteiger partial charge in [-0.1, -0.05) is 0 Å². The highest BCUT2D eigenvalue weighted by Crippen LogP contribution is 2.22. The summed E-state index contributed by atoms with van der Waals surface area (Å²) in [5.41, 5.74) is 0. The molecule has 0 bridgehead atoms. The SMILES string of the molecule is CO[C@@H]1C[C@@H](O)[C@@H](OC)[C@H](C)O1. The van der Waals surface area contributed by atoms with Crippen LogP contribution < -0.4 is 0 Å². The van der Waals surface area contributed by atoms with Gasteiger partial charge in [0.15, 0.2) is 6.29 Å². The normalized spacial score (nSPS) is 43.0. The van der Waals surface area contributed by atoms with Crippen LogP contribution in [0, 0.1) is 0 Å². The molecule has 4 nitrogen and oxygen atoms in total. The third-order valence-electron chi connectivity index (χ3n) is 2.18. The maximum absolute atomic E-state index is 9.56. The van der Waals surface area contributed by atoms with Crippen LogP contribution in [0.1, 0.15) is 13.3 Å². The van der Waals surface area contributed by atoms with Gasteiger partial charge in [0.25, 0.3) is 0 Å². The molecule has 0 spiro atoms. The minimum absolute atomic E-state index is 0.122. The summed E-state index contributed by atoms with van der Waals surface area (Å²) >= 11 is 0. The molecule has 0 amide bonds. The lowest BCUT2D eigenvalue weighted by Crippen LogP contribution is -2.48. The van der Waals surface area contributed by atoms with Crippen LogP contribution in [0.3, 0.4) is 0 Å². The van der Waals surface area contributed by atoms with Gasteiger partial charge in [-0.3, -0.25) is 0 Å². The zero-order chi connectivity index (χ0) is 9.14. The van der Waals surface area contributed by atoms with E-state index in [9.17, 15) is 5.11 Å². The maximum atomic E-state index is 9.56. The lowest BCUT2D eigenvalue weighted by molar-refractivity contribution is -0.242. The molecule has 0 aromatic heterocycles. The second-order valence-corrected chi connectivity index (χ2v) is 3.01. The van der Waals surface area contributed by atoms with Gasteiger partial charge in [-0.05, 0) is 6.92 Å². The first-order valence-electron chi connectivity index (χ1n) is 4.08. The Labute approximate surface area is 72.4 Å². The Balaban J connectivity index is 2.51.